The van der Waals surface area contributed by atoms with Crippen LogP contribution in [0.25, 0.3) is 0 Å². The lowest BCUT2D eigenvalue weighted by molar-refractivity contribution is 0.0496. The van der Waals surface area contributed by atoms with E-state index < -0.39 is 0 Å². The van der Waals surface area contributed by atoms with Gasteiger partial charge in [-0.05, 0) is 67.6 Å². The zero-order valence-corrected chi connectivity index (χ0v) is 16.6. The number of carbonyl (C=O) groups is 1. The molecule has 1 aromatic heterocycles. The van der Waals surface area contributed by atoms with Crippen LogP contribution in [0.2, 0.25) is 0 Å². The number of hydrogen-bond acceptors (Lipinski definition) is 4. The maximum Gasteiger partial charge on any atom is 0.188 e. The third-order valence-corrected chi connectivity index (χ3v) is 5.48. The molecule has 4 heteroatoms. The van der Waals surface area contributed by atoms with Crippen LogP contribution in [0, 0.1) is 13.8 Å². The van der Waals surface area contributed by atoms with E-state index in [1.165, 1.54) is 37.7 Å². The number of carbonyl (C=O) groups excluding carboxylic acids is 1. The van der Waals surface area contributed by atoms with E-state index in [1.807, 2.05) is 24.3 Å². The molecule has 1 aliphatic rings. The maximum absolute atomic E-state index is 11.1. The van der Waals surface area contributed by atoms with Crippen LogP contribution in [0.1, 0.15) is 76.5 Å². The van der Waals surface area contributed by atoms with Gasteiger partial charge in [-0.15, -0.1) is 0 Å². The Kier molecular flexibility index (Phi) is 6.62. The molecule has 1 aromatic carbocycles. The van der Waals surface area contributed by atoms with Crippen molar-refractivity contribution < 1.29 is 14.3 Å². The van der Waals surface area contributed by atoms with Crippen LogP contribution in [0.15, 0.2) is 24.3 Å². The molecule has 27 heavy (non-hydrogen) atoms. The summed E-state index contributed by atoms with van der Waals surface area (Å²) in [7, 11) is 1.64. The third kappa shape index (κ3) is 4.75. The number of pyridine rings is 1. The second-order valence-electron chi connectivity index (χ2n) is 7.50. The number of hydrogen-bond donors (Lipinski definition) is 0. The molecule has 0 spiro atoms. The lowest BCUT2D eigenvalue weighted by Gasteiger charge is -2.24. The highest BCUT2D eigenvalue weighted by atomic mass is 16.7. The minimum Gasteiger partial charge on any atom is -0.466 e. The van der Waals surface area contributed by atoms with Crippen LogP contribution < -0.4 is 4.74 Å². The van der Waals surface area contributed by atoms with Crippen molar-refractivity contribution in [2.24, 2.45) is 0 Å². The first kappa shape index (κ1) is 19.6. The average molecular weight is 367 g/mol. The molecule has 0 bridgehead atoms. The molecular formula is C23H29NO3. The Morgan fingerprint density at radius 1 is 1.11 bits per heavy atom. The quantitative estimate of drug-likeness (QED) is 0.503. The van der Waals surface area contributed by atoms with Gasteiger partial charge in [0.15, 0.2) is 6.79 Å². The predicted molar refractivity (Wildman–Crippen MR) is 107 cm³/mol. The summed E-state index contributed by atoms with van der Waals surface area (Å²) in [6.07, 6.45) is 7.84. The molecule has 4 nitrogen and oxygen atoms in total. The van der Waals surface area contributed by atoms with Crippen LogP contribution in [0.3, 0.4) is 0 Å². The minimum absolute atomic E-state index is 0.242. The van der Waals surface area contributed by atoms with Gasteiger partial charge in [0.05, 0.1) is 5.69 Å². The van der Waals surface area contributed by atoms with Crippen molar-refractivity contribution >= 4 is 6.29 Å². The van der Waals surface area contributed by atoms with E-state index in [4.69, 9.17) is 14.5 Å². The zero-order valence-electron chi connectivity index (χ0n) is 16.6. The summed E-state index contributed by atoms with van der Waals surface area (Å²) < 4.78 is 10.9. The summed E-state index contributed by atoms with van der Waals surface area (Å²) in [6.45, 7) is 4.37. The number of aldehydes is 1. The monoisotopic (exact) mass is 367 g/mol. The SMILES string of the molecule is COCOc1ccc(Cc2c(C)cc(C=O)cc2C)nc1C1CCCCC1. The van der Waals surface area contributed by atoms with Crippen LogP contribution in [-0.4, -0.2) is 25.2 Å². The summed E-state index contributed by atoms with van der Waals surface area (Å²) in [5.74, 6) is 1.31. The van der Waals surface area contributed by atoms with E-state index in [2.05, 4.69) is 13.8 Å². The van der Waals surface area contributed by atoms with Gasteiger partial charge < -0.3 is 9.47 Å². The topological polar surface area (TPSA) is 48.4 Å². The number of methoxy groups -OCH3 is 1. The van der Waals surface area contributed by atoms with Gasteiger partial charge in [0.25, 0.3) is 0 Å². The van der Waals surface area contributed by atoms with Gasteiger partial charge in [0.2, 0.25) is 0 Å². The highest BCUT2D eigenvalue weighted by Gasteiger charge is 2.22. The summed E-state index contributed by atoms with van der Waals surface area (Å²) >= 11 is 0. The molecule has 1 aliphatic carbocycles. The molecule has 2 aromatic rings. The number of aryl methyl sites for hydroxylation is 2. The Balaban J connectivity index is 1.91. The van der Waals surface area contributed by atoms with E-state index in [0.717, 1.165) is 46.5 Å². The van der Waals surface area contributed by atoms with Gasteiger partial charge in [-0.3, -0.25) is 9.78 Å². The Morgan fingerprint density at radius 3 is 2.44 bits per heavy atom. The van der Waals surface area contributed by atoms with Gasteiger partial charge in [0, 0.05) is 30.7 Å². The fraction of sp³-hybridized carbons (Fsp3) is 0.478. The second-order valence-corrected chi connectivity index (χ2v) is 7.50. The number of rotatable bonds is 7. The Bertz CT molecular complexity index is 771. The van der Waals surface area contributed by atoms with E-state index in [1.54, 1.807) is 7.11 Å². The largest absolute Gasteiger partial charge is 0.466 e. The van der Waals surface area contributed by atoms with Gasteiger partial charge in [-0.25, -0.2) is 0 Å². The average Bonchev–Trinajstić information content (AvgIpc) is 2.70. The fourth-order valence-electron chi connectivity index (χ4n) is 4.07. The smallest absolute Gasteiger partial charge is 0.188 e. The first-order valence-corrected chi connectivity index (χ1v) is 9.79. The van der Waals surface area contributed by atoms with Gasteiger partial charge in [-0.1, -0.05) is 19.3 Å². The fourth-order valence-corrected chi connectivity index (χ4v) is 4.07. The number of benzene rings is 1. The van der Waals surface area contributed by atoms with Crippen molar-refractivity contribution in [1.29, 1.82) is 0 Å². The molecule has 0 atom stereocenters. The lowest BCUT2D eigenvalue weighted by atomic mass is 9.86. The number of ether oxygens (including phenoxy) is 2. The van der Waals surface area contributed by atoms with E-state index >= 15 is 0 Å². The third-order valence-electron chi connectivity index (χ3n) is 5.48. The maximum atomic E-state index is 11.1. The van der Waals surface area contributed by atoms with Crippen molar-refractivity contribution in [3.05, 3.63) is 57.9 Å². The second kappa shape index (κ2) is 9.14. The van der Waals surface area contributed by atoms with Crippen LogP contribution in [0.5, 0.6) is 5.75 Å². The number of nitrogens with zero attached hydrogens (tertiary/aromatic N) is 1. The Morgan fingerprint density at radius 2 is 1.81 bits per heavy atom. The summed E-state index contributed by atoms with van der Waals surface area (Å²) in [5, 5.41) is 0. The zero-order chi connectivity index (χ0) is 19.2. The van der Waals surface area contributed by atoms with Crippen LogP contribution in [0.4, 0.5) is 0 Å². The summed E-state index contributed by atoms with van der Waals surface area (Å²) in [5.41, 5.74) is 6.37. The first-order chi connectivity index (χ1) is 13.1. The van der Waals surface area contributed by atoms with E-state index in [-0.39, 0.29) is 6.79 Å². The molecule has 1 saturated carbocycles. The summed E-state index contributed by atoms with van der Waals surface area (Å²) in [6, 6.07) is 7.99. The van der Waals surface area contributed by atoms with Crippen molar-refractivity contribution in [2.75, 3.05) is 13.9 Å². The van der Waals surface area contributed by atoms with Gasteiger partial charge in [-0.2, -0.15) is 0 Å². The van der Waals surface area contributed by atoms with Gasteiger partial charge >= 0.3 is 0 Å². The summed E-state index contributed by atoms with van der Waals surface area (Å²) in [4.78, 5) is 16.1. The molecule has 1 fully saturated rings. The van der Waals surface area contributed by atoms with Crippen molar-refractivity contribution in [3.8, 4) is 5.75 Å². The van der Waals surface area contributed by atoms with Crippen LogP contribution in [-0.2, 0) is 11.2 Å². The molecular weight excluding hydrogens is 338 g/mol. The lowest BCUT2D eigenvalue weighted by Crippen LogP contribution is -2.12. The van der Waals surface area contributed by atoms with Crippen LogP contribution >= 0.6 is 0 Å². The van der Waals surface area contributed by atoms with Gasteiger partial charge in [0.1, 0.15) is 12.0 Å². The Hall–Kier alpha value is -2.20. The minimum atomic E-state index is 0.242. The molecule has 0 radical (unpaired) electrons. The van der Waals surface area contributed by atoms with E-state index in [0.29, 0.717) is 5.92 Å². The molecule has 144 valence electrons. The normalized spacial score (nSPS) is 14.9. The molecule has 1 heterocycles. The molecule has 0 aliphatic heterocycles. The molecule has 0 amide bonds. The molecule has 3 rings (SSSR count). The number of aromatic nitrogens is 1. The van der Waals surface area contributed by atoms with Crippen molar-refractivity contribution in [3.63, 3.8) is 0 Å². The molecule has 0 N–H and O–H groups in total. The molecule has 0 unspecified atom stereocenters. The Labute approximate surface area is 161 Å². The van der Waals surface area contributed by atoms with Crippen molar-refractivity contribution in [1.82, 2.24) is 4.98 Å². The van der Waals surface area contributed by atoms with Crippen molar-refractivity contribution in [2.45, 2.75) is 58.3 Å². The molecule has 0 saturated heterocycles. The van der Waals surface area contributed by atoms with E-state index in [9.17, 15) is 4.79 Å². The first-order valence-electron chi connectivity index (χ1n) is 9.79. The highest BCUT2D eigenvalue weighted by molar-refractivity contribution is 5.76. The predicted octanol–water partition coefficient (Wildman–Crippen LogP) is 5.13. The standard InChI is InChI=1S/C23H29NO3/c1-16-11-18(14-25)12-17(2)21(16)13-20-9-10-22(27-15-26-3)23(24-20)19-7-5-4-6-8-19/h9-12,14,19H,4-8,13,15H2,1-3H3. The highest BCUT2D eigenvalue weighted by Crippen LogP contribution is 2.36.